The lowest BCUT2D eigenvalue weighted by atomic mass is 10.4. The lowest BCUT2D eigenvalue weighted by Gasteiger charge is -2.10. The molecule has 0 bridgehead atoms. The largest absolute Gasteiger partial charge is 0.380 e. The van der Waals surface area contributed by atoms with Gasteiger partial charge in [0.2, 0.25) is 10.0 Å². The Hall–Kier alpha value is -0.470. The topological polar surface area (TPSA) is 67.4 Å². The van der Waals surface area contributed by atoms with Gasteiger partial charge < -0.3 is 10.1 Å². The average molecular weight is 278 g/mol. The van der Waals surface area contributed by atoms with E-state index in [-0.39, 0.29) is 12.6 Å². The second kappa shape index (κ2) is 6.46. The zero-order chi connectivity index (χ0) is 12.9. The van der Waals surface area contributed by atoms with Crippen molar-refractivity contribution in [2.24, 2.45) is 0 Å². The number of hydrogen-bond donors (Lipinski definition) is 2. The summed E-state index contributed by atoms with van der Waals surface area (Å²) >= 11 is 1.27. The van der Waals surface area contributed by atoms with Crippen LogP contribution in [0.5, 0.6) is 0 Å². The first-order valence-corrected chi connectivity index (χ1v) is 7.55. The molecule has 0 amide bonds. The van der Waals surface area contributed by atoms with E-state index in [9.17, 15) is 8.42 Å². The molecule has 7 heteroatoms. The van der Waals surface area contributed by atoms with Crippen LogP contribution in [0.2, 0.25) is 0 Å². The summed E-state index contributed by atoms with van der Waals surface area (Å²) in [6, 6.07) is 3.44. The molecule has 0 saturated heterocycles. The van der Waals surface area contributed by atoms with Gasteiger partial charge in [-0.3, -0.25) is 0 Å². The van der Waals surface area contributed by atoms with Gasteiger partial charge in [0.15, 0.2) is 0 Å². The van der Waals surface area contributed by atoms with Gasteiger partial charge in [0, 0.05) is 25.1 Å². The summed E-state index contributed by atoms with van der Waals surface area (Å²) in [5.41, 5.74) is 0. The first-order valence-electron chi connectivity index (χ1n) is 5.25. The quantitative estimate of drug-likeness (QED) is 0.773. The second-order valence-electron chi connectivity index (χ2n) is 3.65. The molecule has 0 aromatic carbocycles. The summed E-state index contributed by atoms with van der Waals surface area (Å²) in [7, 11) is -0.0256. The van der Waals surface area contributed by atoms with E-state index in [0.29, 0.717) is 10.8 Å². The third kappa shape index (κ3) is 4.36. The maximum Gasteiger partial charge on any atom is 0.250 e. The molecule has 0 spiro atoms. The predicted molar refractivity (Wildman–Crippen MR) is 68.7 cm³/mol. The summed E-state index contributed by atoms with van der Waals surface area (Å²) in [5, 5.41) is 2.98. The molecule has 0 saturated carbocycles. The molecule has 1 aromatic heterocycles. The second-order valence-corrected chi connectivity index (χ2v) is 6.81. The van der Waals surface area contributed by atoms with Crippen molar-refractivity contribution in [2.75, 3.05) is 20.7 Å². The fourth-order valence-electron chi connectivity index (χ4n) is 1.15. The van der Waals surface area contributed by atoms with Crippen LogP contribution in [0.4, 0.5) is 0 Å². The molecule has 0 aliphatic carbocycles. The molecule has 1 aromatic rings. The number of sulfonamides is 1. The zero-order valence-corrected chi connectivity index (χ0v) is 11.8. The molecule has 1 rings (SSSR count). The van der Waals surface area contributed by atoms with Crippen LogP contribution in [0, 0.1) is 0 Å². The minimum absolute atomic E-state index is 0.137. The number of methoxy groups -OCH3 is 1. The molecule has 0 fully saturated rings. The number of hydrogen-bond acceptors (Lipinski definition) is 5. The Labute approximate surface area is 106 Å². The molecule has 17 heavy (non-hydrogen) atoms. The van der Waals surface area contributed by atoms with Crippen molar-refractivity contribution in [1.82, 2.24) is 10.0 Å². The summed E-state index contributed by atoms with van der Waals surface area (Å²) in [5.74, 6) is 0. The van der Waals surface area contributed by atoms with Crippen molar-refractivity contribution in [3.05, 3.63) is 17.0 Å². The number of nitrogens with one attached hydrogen (secondary N) is 2. The maximum absolute atomic E-state index is 11.9. The first-order chi connectivity index (χ1) is 7.99. The van der Waals surface area contributed by atoms with Crippen molar-refractivity contribution in [1.29, 1.82) is 0 Å². The summed E-state index contributed by atoms with van der Waals surface area (Å²) in [6.07, 6.45) is -0.137. The molecule has 98 valence electrons. The van der Waals surface area contributed by atoms with Gasteiger partial charge in [-0.1, -0.05) is 0 Å². The monoisotopic (exact) mass is 278 g/mol. The highest BCUT2D eigenvalue weighted by atomic mass is 32.2. The average Bonchev–Trinajstić information content (AvgIpc) is 2.76. The molecule has 1 atom stereocenters. The molecule has 2 N–H and O–H groups in total. The fourth-order valence-corrected chi connectivity index (χ4v) is 3.68. The molecule has 0 aliphatic rings. The van der Waals surface area contributed by atoms with Crippen LogP contribution < -0.4 is 10.0 Å². The van der Waals surface area contributed by atoms with Crippen molar-refractivity contribution in [2.45, 2.75) is 23.8 Å². The Morgan fingerprint density at radius 1 is 1.47 bits per heavy atom. The fraction of sp³-hybridized carbons (Fsp3) is 0.600. The van der Waals surface area contributed by atoms with E-state index in [4.69, 9.17) is 4.74 Å². The van der Waals surface area contributed by atoms with Crippen LogP contribution in [0.25, 0.3) is 0 Å². The van der Waals surface area contributed by atoms with Crippen LogP contribution in [0.15, 0.2) is 16.3 Å². The normalized spacial score (nSPS) is 13.8. The number of ether oxygens (including phenoxy) is 1. The van der Waals surface area contributed by atoms with Crippen molar-refractivity contribution < 1.29 is 13.2 Å². The van der Waals surface area contributed by atoms with Crippen LogP contribution in [-0.2, 0) is 21.3 Å². The van der Waals surface area contributed by atoms with Gasteiger partial charge in [-0.2, -0.15) is 0 Å². The maximum atomic E-state index is 11.9. The van der Waals surface area contributed by atoms with Gasteiger partial charge in [-0.05, 0) is 26.1 Å². The summed E-state index contributed by atoms with van der Waals surface area (Å²) < 4.78 is 31.6. The Kier molecular flexibility index (Phi) is 5.54. The number of rotatable bonds is 7. The predicted octanol–water partition coefficient (Wildman–Crippen LogP) is 0.781. The van der Waals surface area contributed by atoms with Crippen molar-refractivity contribution in [3.63, 3.8) is 0 Å². The standard InChI is InChI=1S/C10H18N2O3S2/c1-8(15-3)6-12-17(13,14)10-5-4-9(16-10)7-11-2/h4-5,8,11-12H,6-7H2,1-3H3. The molecule has 0 radical (unpaired) electrons. The van der Waals surface area contributed by atoms with E-state index in [1.807, 2.05) is 20.0 Å². The Bertz CT molecular complexity index is 442. The first kappa shape index (κ1) is 14.6. The third-order valence-electron chi connectivity index (χ3n) is 2.22. The van der Waals surface area contributed by atoms with Gasteiger partial charge in [0.25, 0.3) is 0 Å². The van der Waals surface area contributed by atoms with Gasteiger partial charge >= 0.3 is 0 Å². The van der Waals surface area contributed by atoms with E-state index in [0.717, 1.165) is 4.88 Å². The minimum atomic E-state index is -3.40. The van der Waals surface area contributed by atoms with Crippen LogP contribution in [0.3, 0.4) is 0 Å². The van der Waals surface area contributed by atoms with Gasteiger partial charge in [-0.25, -0.2) is 13.1 Å². The highest BCUT2D eigenvalue weighted by Gasteiger charge is 2.17. The van der Waals surface area contributed by atoms with Crippen molar-refractivity contribution in [3.8, 4) is 0 Å². The van der Waals surface area contributed by atoms with E-state index in [1.54, 1.807) is 13.2 Å². The van der Waals surface area contributed by atoms with Crippen molar-refractivity contribution >= 4 is 21.4 Å². The third-order valence-corrected chi connectivity index (χ3v) is 5.22. The molecule has 0 aliphatic heterocycles. The lowest BCUT2D eigenvalue weighted by molar-refractivity contribution is 0.122. The molecule has 1 unspecified atom stereocenters. The zero-order valence-electron chi connectivity index (χ0n) is 10.2. The van der Waals surface area contributed by atoms with Crippen LogP contribution in [-0.4, -0.2) is 35.2 Å². The van der Waals surface area contributed by atoms with E-state index >= 15 is 0 Å². The van der Waals surface area contributed by atoms with E-state index in [1.165, 1.54) is 11.3 Å². The SMILES string of the molecule is CNCc1ccc(S(=O)(=O)NCC(C)OC)s1. The minimum Gasteiger partial charge on any atom is -0.380 e. The van der Waals surface area contributed by atoms with Gasteiger partial charge in [0.1, 0.15) is 4.21 Å². The smallest absolute Gasteiger partial charge is 0.250 e. The molecule has 1 heterocycles. The molecular weight excluding hydrogens is 260 g/mol. The Morgan fingerprint density at radius 3 is 2.76 bits per heavy atom. The van der Waals surface area contributed by atoms with Crippen LogP contribution in [0.1, 0.15) is 11.8 Å². The highest BCUT2D eigenvalue weighted by Crippen LogP contribution is 2.21. The summed E-state index contributed by atoms with van der Waals surface area (Å²) in [4.78, 5) is 0.993. The Balaban J connectivity index is 2.68. The molecular formula is C10H18N2O3S2. The summed E-state index contributed by atoms with van der Waals surface area (Å²) in [6.45, 7) is 2.76. The van der Waals surface area contributed by atoms with Crippen LogP contribution >= 0.6 is 11.3 Å². The van der Waals surface area contributed by atoms with Gasteiger partial charge in [0.05, 0.1) is 6.10 Å². The molecule has 5 nitrogen and oxygen atoms in total. The van der Waals surface area contributed by atoms with E-state index in [2.05, 4.69) is 10.0 Å². The highest BCUT2D eigenvalue weighted by molar-refractivity contribution is 7.91. The Morgan fingerprint density at radius 2 is 2.18 bits per heavy atom. The van der Waals surface area contributed by atoms with Gasteiger partial charge in [-0.15, -0.1) is 11.3 Å². The van der Waals surface area contributed by atoms with E-state index < -0.39 is 10.0 Å². The lowest BCUT2D eigenvalue weighted by Crippen LogP contribution is -2.31. The number of thiophene rings is 1.